The van der Waals surface area contributed by atoms with E-state index in [-0.39, 0.29) is 35.6 Å². The predicted molar refractivity (Wildman–Crippen MR) is 97.1 cm³/mol. The van der Waals surface area contributed by atoms with Crippen LogP contribution in [0, 0.1) is 0 Å². The number of ether oxygens (including phenoxy) is 3. The summed E-state index contributed by atoms with van der Waals surface area (Å²) in [7, 11) is 0. The number of rotatable bonds is 3. The Labute approximate surface area is 161 Å². The van der Waals surface area contributed by atoms with E-state index in [4.69, 9.17) is 14.2 Å². The van der Waals surface area contributed by atoms with Crippen molar-refractivity contribution >= 4 is 16.9 Å². The molecule has 0 amide bonds. The van der Waals surface area contributed by atoms with Gasteiger partial charge in [-0.15, -0.1) is 0 Å². The maximum atomic E-state index is 13.1. The molecule has 1 N–H and O–H groups in total. The van der Waals surface area contributed by atoms with Crippen molar-refractivity contribution < 1.29 is 32.2 Å². The van der Waals surface area contributed by atoms with E-state index < -0.39 is 23.1 Å². The van der Waals surface area contributed by atoms with Crippen molar-refractivity contribution in [1.29, 1.82) is 0 Å². The molecule has 0 bridgehead atoms. The SMILES string of the molecule is CCOC(=O)c1c(-c2ccc3c(c2)OCO3)[nH]c2cc(C(F)(F)F)ccc2c1=O. The maximum Gasteiger partial charge on any atom is 0.416 e. The summed E-state index contributed by atoms with van der Waals surface area (Å²) in [6.45, 7) is 1.64. The zero-order valence-corrected chi connectivity index (χ0v) is 15.1. The molecule has 2 heterocycles. The van der Waals surface area contributed by atoms with E-state index in [1.54, 1.807) is 19.1 Å². The molecule has 1 aliphatic heterocycles. The monoisotopic (exact) mass is 405 g/mol. The van der Waals surface area contributed by atoms with Gasteiger partial charge in [0, 0.05) is 10.9 Å². The molecule has 3 aromatic rings. The van der Waals surface area contributed by atoms with Crippen LogP contribution in [0.1, 0.15) is 22.8 Å². The van der Waals surface area contributed by atoms with Crippen molar-refractivity contribution in [2.75, 3.05) is 13.4 Å². The van der Waals surface area contributed by atoms with E-state index in [1.807, 2.05) is 0 Å². The van der Waals surface area contributed by atoms with E-state index in [0.29, 0.717) is 17.1 Å². The topological polar surface area (TPSA) is 77.6 Å². The van der Waals surface area contributed by atoms with E-state index in [2.05, 4.69) is 4.98 Å². The molecule has 1 aromatic heterocycles. The molecule has 0 saturated carbocycles. The number of alkyl halides is 3. The lowest BCUT2D eigenvalue weighted by molar-refractivity contribution is -0.137. The number of esters is 1. The summed E-state index contributed by atoms with van der Waals surface area (Å²) in [5, 5.41) is -0.0504. The van der Waals surface area contributed by atoms with Crippen molar-refractivity contribution in [3.05, 3.63) is 57.7 Å². The molecule has 9 heteroatoms. The largest absolute Gasteiger partial charge is 0.462 e. The molecular formula is C20H14F3NO5. The van der Waals surface area contributed by atoms with Gasteiger partial charge in [-0.2, -0.15) is 13.2 Å². The fourth-order valence-corrected chi connectivity index (χ4v) is 3.13. The van der Waals surface area contributed by atoms with E-state index in [1.165, 1.54) is 6.07 Å². The Balaban J connectivity index is 2.00. The summed E-state index contributed by atoms with van der Waals surface area (Å²) in [5.41, 5.74) is -1.57. The molecule has 0 unspecified atom stereocenters. The van der Waals surface area contributed by atoms with Crippen molar-refractivity contribution in [3.63, 3.8) is 0 Å². The van der Waals surface area contributed by atoms with Gasteiger partial charge in [0.15, 0.2) is 11.5 Å². The van der Waals surface area contributed by atoms with Crippen LogP contribution in [0.15, 0.2) is 41.2 Å². The van der Waals surface area contributed by atoms with Gasteiger partial charge >= 0.3 is 12.1 Å². The van der Waals surface area contributed by atoms with Gasteiger partial charge in [-0.05, 0) is 43.3 Å². The number of hydrogen-bond acceptors (Lipinski definition) is 5. The Kier molecular flexibility index (Phi) is 4.45. The molecule has 4 rings (SSSR count). The number of halogens is 3. The first kappa shape index (κ1) is 18.9. The minimum absolute atomic E-state index is 0.0205. The summed E-state index contributed by atoms with van der Waals surface area (Å²) in [6.07, 6.45) is -4.58. The van der Waals surface area contributed by atoms with Crippen LogP contribution in [0.5, 0.6) is 11.5 Å². The van der Waals surface area contributed by atoms with Crippen LogP contribution in [0.25, 0.3) is 22.2 Å². The standard InChI is InChI=1S/C20H14F3NO5/c1-2-27-19(26)16-17(10-3-6-14-15(7-10)29-9-28-14)24-13-8-11(20(21,22)23)4-5-12(13)18(16)25/h3-8H,2,9H2,1H3,(H,24,25). The molecule has 0 fully saturated rings. The molecule has 0 saturated heterocycles. The zero-order valence-electron chi connectivity index (χ0n) is 15.1. The Hall–Kier alpha value is -3.49. The third-order valence-corrected chi connectivity index (χ3v) is 4.47. The van der Waals surface area contributed by atoms with Gasteiger partial charge in [-0.3, -0.25) is 4.79 Å². The molecule has 1 aliphatic rings. The Bertz CT molecular complexity index is 1180. The van der Waals surface area contributed by atoms with Crippen molar-refractivity contribution in [3.8, 4) is 22.8 Å². The highest BCUT2D eigenvalue weighted by atomic mass is 19.4. The third kappa shape index (κ3) is 3.28. The number of fused-ring (bicyclic) bond motifs is 2. The summed E-state index contributed by atoms with van der Waals surface area (Å²) in [6, 6.07) is 7.37. The normalized spacial score (nSPS) is 13.0. The number of aromatic nitrogens is 1. The lowest BCUT2D eigenvalue weighted by atomic mass is 10.0. The van der Waals surface area contributed by atoms with Crippen molar-refractivity contribution in [1.82, 2.24) is 4.98 Å². The lowest BCUT2D eigenvalue weighted by Crippen LogP contribution is -2.21. The minimum Gasteiger partial charge on any atom is -0.462 e. The highest BCUT2D eigenvalue weighted by Crippen LogP contribution is 2.37. The summed E-state index contributed by atoms with van der Waals surface area (Å²) < 4.78 is 54.9. The van der Waals surface area contributed by atoms with Crippen LogP contribution in [0.4, 0.5) is 13.2 Å². The number of aromatic amines is 1. The van der Waals surface area contributed by atoms with Gasteiger partial charge in [0.05, 0.1) is 23.4 Å². The second kappa shape index (κ2) is 6.84. The van der Waals surface area contributed by atoms with Crippen LogP contribution in [-0.2, 0) is 10.9 Å². The molecule has 0 radical (unpaired) electrons. The summed E-state index contributed by atoms with van der Waals surface area (Å²) >= 11 is 0. The lowest BCUT2D eigenvalue weighted by Gasteiger charge is -2.13. The minimum atomic E-state index is -4.58. The fraction of sp³-hybridized carbons (Fsp3) is 0.200. The van der Waals surface area contributed by atoms with E-state index >= 15 is 0 Å². The van der Waals surface area contributed by atoms with Crippen LogP contribution in [0.2, 0.25) is 0 Å². The number of carbonyl (C=O) groups excluding carboxylic acids is 1. The fourth-order valence-electron chi connectivity index (χ4n) is 3.13. The quantitative estimate of drug-likeness (QED) is 0.664. The molecule has 0 spiro atoms. The Morgan fingerprint density at radius 1 is 1.14 bits per heavy atom. The molecule has 6 nitrogen and oxygen atoms in total. The highest BCUT2D eigenvalue weighted by Gasteiger charge is 2.31. The van der Waals surface area contributed by atoms with Crippen LogP contribution < -0.4 is 14.9 Å². The number of nitrogens with one attached hydrogen (secondary N) is 1. The first-order valence-electron chi connectivity index (χ1n) is 8.64. The van der Waals surface area contributed by atoms with Crippen molar-refractivity contribution in [2.45, 2.75) is 13.1 Å². The van der Waals surface area contributed by atoms with Gasteiger partial charge in [0.1, 0.15) is 5.56 Å². The van der Waals surface area contributed by atoms with Gasteiger partial charge in [-0.1, -0.05) is 0 Å². The number of pyridine rings is 1. The third-order valence-electron chi connectivity index (χ3n) is 4.47. The van der Waals surface area contributed by atoms with Gasteiger partial charge < -0.3 is 19.2 Å². The first-order valence-corrected chi connectivity index (χ1v) is 8.64. The first-order chi connectivity index (χ1) is 13.8. The Morgan fingerprint density at radius 3 is 2.62 bits per heavy atom. The molecule has 0 aliphatic carbocycles. The second-order valence-corrected chi connectivity index (χ2v) is 6.25. The summed E-state index contributed by atoms with van der Waals surface area (Å²) in [5.74, 6) is -0.000518. The highest BCUT2D eigenvalue weighted by molar-refractivity contribution is 6.00. The predicted octanol–water partition coefficient (Wildman–Crippen LogP) is 4.12. The van der Waals surface area contributed by atoms with Gasteiger partial charge in [-0.25, -0.2) is 4.79 Å². The smallest absolute Gasteiger partial charge is 0.416 e. The Morgan fingerprint density at radius 2 is 1.90 bits per heavy atom. The molecule has 2 aromatic carbocycles. The van der Waals surface area contributed by atoms with Crippen LogP contribution in [0.3, 0.4) is 0 Å². The second-order valence-electron chi connectivity index (χ2n) is 6.25. The average molecular weight is 405 g/mol. The number of hydrogen-bond donors (Lipinski definition) is 1. The van der Waals surface area contributed by atoms with Crippen LogP contribution in [-0.4, -0.2) is 24.4 Å². The van der Waals surface area contributed by atoms with E-state index in [0.717, 1.165) is 18.2 Å². The molecule has 29 heavy (non-hydrogen) atoms. The van der Waals surface area contributed by atoms with Gasteiger partial charge in [0.25, 0.3) is 0 Å². The van der Waals surface area contributed by atoms with Crippen molar-refractivity contribution in [2.24, 2.45) is 0 Å². The average Bonchev–Trinajstić information content (AvgIpc) is 3.14. The maximum absolute atomic E-state index is 13.1. The van der Waals surface area contributed by atoms with E-state index in [9.17, 15) is 22.8 Å². The number of carbonyl (C=O) groups is 1. The van der Waals surface area contributed by atoms with Gasteiger partial charge in [0.2, 0.25) is 12.2 Å². The molecule has 150 valence electrons. The molecular weight excluding hydrogens is 391 g/mol. The summed E-state index contributed by atoms with van der Waals surface area (Å²) in [4.78, 5) is 28.3. The molecule has 0 atom stereocenters. The number of H-pyrrole nitrogens is 1. The van der Waals surface area contributed by atoms with Crippen LogP contribution >= 0.6 is 0 Å². The number of benzene rings is 2. The zero-order chi connectivity index (χ0) is 20.8.